The van der Waals surface area contributed by atoms with Crippen molar-refractivity contribution < 1.29 is 9.84 Å². The SMILES string of the molecule is CCCCCCCC/C=C\CCCCC(O)C1(OCC)CC1. The highest BCUT2D eigenvalue weighted by molar-refractivity contribution is 5.01. The molecule has 1 rings (SSSR count). The van der Waals surface area contributed by atoms with E-state index in [0.29, 0.717) is 0 Å². The van der Waals surface area contributed by atoms with E-state index in [2.05, 4.69) is 19.1 Å². The molecule has 1 atom stereocenters. The fraction of sp³-hybridized carbons (Fsp3) is 0.900. The van der Waals surface area contributed by atoms with Crippen LogP contribution in [0.25, 0.3) is 0 Å². The van der Waals surface area contributed by atoms with Crippen LogP contribution in [0.2, 0.25) is 0 Å². The van der Waals surface area contributed by atoms with Crippen molar-refractivity contribution in [1.82, 2.24) is 0 Å². The van der Waals surface area contributed by atoms with Gasteiger partial charge in [0.2, 0.25) is 0 Å². The zero-order valence-corrected chi connectivity index (χ0v) is 15.0. The molecule has 1 aliphatic rings. The normalized spacial score (nSPS) is 18.0. The maximum atomic E-state index is 10.2. The first kappa shape index (κ1) is 19.7. The topological polar surface area (TPSA) is 29.5 Å². The van der Waals surface area contributed by atoms with E-state index in [1.165, 1.54) is 51.4 Å². The predicted octanol–water partition coefficient (Wildman–Crippen LogP) is 5.78. The van der Waals surface area contributed by atoms with Gasteiger partial charge in [-0.05, 0) is 51.9 Å². The average molecular weight is 311 g/mol. The second kappa shape index (κ2) is 12.1. The molecule has 0 aliphatic heterocycles. The molecule has 22 heavy (non-hydrogen) atoms. The fourth-order valence-corrected chi connectivity index (χ4v) is 3.13. The maximum Gasteiger partial charge on any atom is 0.0942 e. The van der Waals surface area contributed by atoms with Crippen molar-refractivity contribution in [2.45, 2.75) is 109 Å². The largest absolute Gasteiger partial charge is 0.390 e. The van der Waals surface area contributed by atoms with E-state index in [1.807, 2.05) is 6.92 Å². The molecule has 0 amide bonds. The molecule has 130 valence electrons. The molecular weight excluding hydrogens is 272 g/mol. The number of hydrogen-bond acceptors (Lipinski definition) is 2. The lowest BCUT2D eigenvalue weighted by Gasteiger charge is -2.22. The van der Waals surface area contributed by atoms with Crippen LogP contribution in [0.5, 0.6) is 0 Å². The lowest BCUT2D eigenvalue weighted by atomic mass is 10.0. The molecule has 2 heteroatoms. The van der Waals surface area contributed by atoms with Gasteiger partial charge in [-0.2, -0.15) is 0 Å². The number of aliphatic hydroxyl groups is 1. The summed E-state index contributed by atoms with van der Waals surface area (Å²) in [5.74, 6) is 0. The zero-order chi connectivity index (χ0) is 16.1. The van der Waals surface area contributed by atoms with Gasteiger partial charge in [0, 0.05) is 6.61 Å². The monoisotopic (exact) mass is 310 g/mol. The number of allylic oxidation sites excluding steroid dienone is 2. The summed E-state index contributed by atoms with van der Waals surface area (Å²) >= 11 is 0. The molecule has 0 spiro atoms. The van der Waals surface area contributed by atoms with Crippen LogP contribution in [0.3, 0.4) is 0 Å². The Hall–Kier alpha value is -0.340. The molecule has 0 aromatic carbocycles. The van der Waals surface area contributed by atoms with Crippen LogP contribution in [0.15, 0.2) is 12.2 Å². The summed E-state index contributed by atoms with van der Waals surface area (Å²) in [5, 5.41) is 10.2. The molecule has 0 radical (unpaired) electrons. The fourth-order valence-electron chi connectivity index (χ4n) is 3.13. The Labute approximate surface area is 138 Å². The minimum absolute atomic E-state index is 0.164. The molecule has 2 nitrogen and oxygen atoms in total. The van der Waals surface area contributed by atoms with Crippen LogP contribution in [-0.2, 0) is 4.74 Å². The van der Waals surface area contributed by atoms with Gasteiger partial charge in [0.05, 0.1) is 11.7 Å². The van der Waals surface area contributed by atoms with Crippen molar-refractivity contribution in [3.8, 4) is 0 Å². The molecule has 1 aliphatic carbocycles. The van der Waals surface area contributed by atoms with E-state index in [-0.39, 0.29) is 11.7 Å². The molecular formula is C20H38O2. The molecule has 1 N–H and O–H groups in total. The Kier molecular flexibility index (Phi) is 10.9. The van der Waals surface area contributed by atoms with Crippen LogP contribution in [-0.4, -0.2) is 23.4 Å². The van der Waals surface area contributed by atoms with Crippen molar-refractivity contribution in [1.29, 1.82) is 0 Å². The first-order valence-corrected chi connectivity index (χ1v) is 9.72. The van der Waals surface area contributed by atoms with E-state index in [0.717, 1.165) is 38.7 Å². The second-order valence-corrected chi connectivity index (χ2v) is 6.83. The van der Waals surface area contributed by atoms with Crippen molar-refractivity contribution in [2.24, 2.45) is 0 Å². The highest BCUT2D eigenvalue weighted by atomic mass is 16.5. The third-order valence-electron chi connectivity index (χ3n) is 4.77. The first-order chi connectivity index (χ1) is 10.7. The lowest BCUT2D eigenvalue weighted by molar-refractivity contribution is -0.0560. The van der Waals surface area contributed by atoms with Crippen LogP contribution < -0.4 is 0 Å². The van der Waals surface area contributed by atoms with E-state index in [9.17, 15) is 5.11 Å². The third-order valence-corrected chi connectivity index (χ3v) is 4.77. The maximum absolute atomic E-state index is 10.2. The minimum atomic E-state index is -0.250. The van der Waals surface area contributed by atoms with Gasteiger partial charge in [-0.25, -0.2) is 0 Å². The second-order valence-electron chi connectivity index (χ2n) is 6.83. The molecule has 1 saturated carbocycles. The quantitative estimate of drug-likeness (QED) is 0.307. The van der Waals surface area contributed by atoms with Gasteiger partial charge >= 0.3 is 0 Å². The summed E-state index contributed by atoms with van der Waals surface area (Å²) in [6.07, 6.45) is 20.4. The summed E-state index contributed by atoms with van der Waals surface area (Å²) in [4.78, 5) is 0. The number of unbranched alkanes of at least 4 members (excludes halogenated alkanes) is 8. The van der Waals surface area contributed by atoms with Gasteiger partial charge in [-0.3, -0.25) is 0 Å². The van der Waals surface area contributed by atoms with E-state index in [4.69, 9.17) is 4.74 Å². The highest BCUT2D eigenvalue weighted by Crippen LogP contribution is 2.44. The van der Waals surface area contributed by atoms with Gasteiger partial charge in [0.25, 0.3) is 0 Å². The van der Waals surface area contributed by atoms with E-state index < -0.39 is 0 Å². The lowest BCUT2D eigenvalue weighted by Crippen LogP contribution is -2.31. The average Bonchev–Trinajstić information content (AvgIpc) is 3.29. The Balaban J connectivity index is 1.87. The van der Waals surface area contributed by atoms with Crippen LogP contribution in [0.4, 0.5) is 0 Å². The van der Waals surface area contributed by atoms with Crippen molar-refractivity contribution in [2.75, 3.05) is 6.61 Å². The summed E-state index contributed by atoms with van der Waals surface area (Å²) in [5.41, 5.74) is -0.164. The summed E-state index contributed by atoms with van der Waals surface area (Å²) in [6.45, 7) is 5.00. The Morgan fingerprint density at radius 1 is 0.909 bits per heavy atom. The molecule has 0 aromatic heterocycles. The Morgan fingerprint density at radius 2 is 1.50 bits per heavy atom. The summed E-state index contributed by atoms with van der Waals surface area (Å²) in [7, 11) is 0. The van der Waals surface area contributed by atoms with Gasteiger partial charge < -0.3 is 9.84 Å². The summed E-state index contributed by atoms with van der Waals surface area (Å²) in [6, 6.07) is 0. The molecule has 0 heterocycles. The smallest absolute Gasteiger partial charge is 0.0942 e. The number of rotatable bonds is 15. The molecule has 0 saturated heterocycles. The van der Waals surface area contributed by atoms with Crippen LogP contribution in [0.1, 0.15) is 97.3 Å². The van der Waals surface area contributed by atoms with Crippen LogP contribution in [0, 0.1) is 0 Å². The minimum Gasteiger partial charge on any atom is -0.390 e. The van der Waals surface area contributed by atoms with Gasteiger partial charge in [-0.1, -0.05) is 57.6 Å². The van der Waals surface area contributed by atoms with Gasteiger partial charge in [0.15, 0.2) is 0 Å². The van der Waals surface area contributed by atoms with Crippen molar-refractivity contribution in [3.05, 3.63) is 12.2 Å². The Morgan fingerprint density at radius 3 is 2.09 bits per heavy atom. The molecule has 1 fully saturated rings. The predicted molar refractivity (Wildman–Crippen MR) is 95.2 cm³/mol. The number of hydrogen-bond donors (Lipinski definition) is 1. The Bertz CT molecular complexity index is 281. The molecule has 0 aromatic rings. The summed E-state index contributed by atoms with van der Waals surface area (Å²) < 4.78 is 5.70. The van der Waals surface area contributed by atoms with E-state index in [1.54, 1.807) is 0 Å². The first-order valence-electron chi connectivity index (χ1n) is 9.72. The highest BCUT2D eigenvalue weighted by Gasteiger charge is 2.49. The van der Waals surface area contributed by atoms with Gasteiger partial charge in [0.1, 0.15) is 0 Å². The van der Waals surface area contributed by atoms with Gasteiger partial charge in [-0.15, -0.1) is 0 Å². The van der Waals surface area contributed by atoms with Crippen molar-refractivity contribution >= 4 is 0 Å². The van der Waals surface area contributed by atoms with Crippen LogP contribution >= 0.6 is 0 Å². The standard InChI is InChI=1S/C20H38O2/c1-3-5-6-7-8-9-10-11-12-13-14-15-16-19(21)20(17-18-20)22-4-2/h11-12,19,21H,3-10,13-18H2,1-2H3/b12-11-. The number of ether oxygens (including phenoxy) is 1. The molecule has 0 bridgehead atoms. The van der Waals surface area contributed by atoms with E-state index >= 15 is 0 Å². The number of aliphatic hydroxyl groups excluding tert-OH is 1. The zero-order valence-electron chi connectivity index (χ0n) is 15.0. The third kappa shape index (κ3) is 8.33. The molecule has 1 unspecified atom stereocenters. The van der Waals surface area contributed by atoms with Crippen molar-refractivity contribution in [3.63, 3.8) is 0 Å².